The molecule has 1 N–H and O–H groups in total. The number of hydrogen-bond acceptors (Lipinski definition) is 1. The Morgan fingerprint density at radius 1 is 1.18 bits per heavy atom. The van der Waals surface area contributed by atoms with Crippen LogP contribution in [0.3, 0.4) is 0 Å². The van der Waals surface area contributed by atoms with E-state index < -0.39 is 0 Å². The number of halogens is 2. The van der Waals surface area contributed by atoms with E-state index in [4.69, 9.17) is 23.2 Å². The Bertz CT molecular complexity index is 319. The molecule has 3 heteroatoms. The summed E-state index contributed by atoms with van der Waals surface area (Å²) in [7, 11) is 0. The van der Waals surface area contributed by atoms with Gasteiger partial charge >= 0.3 is 0 Å². The van der Waals surface area contributed by atoms with Crippen LogP contribution in [0.15, 0.2) is 18.2 Å². The zero-order chi connectivity index (χ0) is 12.7. The van der Waals surface area contributed by atoms with Crippen LogP contribution in [0.5, 0.6) is 0 Å². The van der Waals surface area contributed by atoms with Gasteiger partial charge in [-0.2, -0.15) is 0 Å². The first kappa shape index (κ1) is 14.8. The molecule has 0 saturated heterocycles. The molecule has 0 aromatic heterocycles. The molecule has 1 atom stereocenters. The molecule has 1 nitrogen and oxygen atoms in total. The maximum atomic E-state index is 6.14. The highest BCUT2D eigenvalue weighted by atomic mass is 35.5. The van der Waals surface area contributed by atoms with Crippen molar-refractivity contribution >= 4 is 23.2 Å². The third kappa shape index (κ3) is 4.87. The summed E-state index contributed by atoms with van der Waals surface area (Å²) in [6, 6.07) is 6.32. The molecule has 0 bridgehead atoms. The Hall–Kier alpha value is -0.240. The molecule has 0 amide bonds. The first-order valence-corrected chi connectivity index (χ1v) is 7.10. The van der Waals surface area contributed by atoms with Gasteiger partial charge in [-0.1, -0.05) is 43.1 Å². The first-order chi connectivity index (χ1) is 8.19. The molecule has 1 unspecified atom stereocenters. The summed E-state index contributed by atoms with van der Waals surface area (Å²) in [5, 5.41) is 5.05. The molecule has 0 saturated carbocycles. The molecular formula is C14H21Cl2N. The molecule has 0 aliphatic carbocycles. The molecule has 1 rings (SSSR count). The van der Waals surface area contributed by atoms with Gasteiger partial charge in [0, 0.05) is 16.1 Å². The highest BCUT2D eigenvalue weighted by molar-refractivity contribution is 6.35. The van der Waals surface area contributed by atoms with Crippen LogP contribution in [0.1, 0.15) is 38.7 Å². The normalized spacial score (nSPS) is 12.7. The van der Waals surface area contributed by atoms with Gasteiger partial charge in [-0.25, -0.2) is 0 Å². The zero-order valence-electron chi connectivity index (χ0n) is 10.6. The summed E-state index contributed by atoms with van der Waals surface area (Å²) in [5.74, 6) is 0. The van der Waals surface area contributed by atoms with Gasteiger partial charge in [-0.05, 0) is 49.9 Å². The molecule has 0 radical (unpaired) electrons. The number of rotatable bonds is 7. The molecular weight excluding hydrogens is 253 g/mol. The van der Waals surface area contributed by atoms with E-state index in [1.807, 2.05) is 18.2 Å². The molecule has 96 valence electrons. The first-order valence-electron chi connectivity index (χ1n) is 6.35. The summed E-state index contributed by atoms with van der Waals surface area (Å²) in [4.78, 5) is 0. The fraction of sp³-hybridized carbons (Fsp3) is 0.571. The van der Waals surface area contributed by atoms with Crippen molar-refractivity contribution in [1.82, 2.24) is 5.32 Å². The van der Waals surface area contributed by atoms with Gasteiger partial charge in [0.1, 0.15) is 0 Å². The minimum Gasteiger partial charge on any atom is -0.314 e. The van der Waals surface area contributed by atoms with Crippen molar-refractivity contribution in [1.29, 1.82) is 0 Å². The SMILES string of the molecule is CCNC(CC)CCCc1c(Cl)cccc1Cl. The van der Waals surface area contributed by atoms with E-state index in [2.05, 4.69) is 19.2 Å². The maximum Gasteiger partial charge on any atom is 0.0452 e. The lowest BCUT2D eigenvalue weighted by Gasteiger charge is -2.15. The van der Waals surface area contributed by atoms with Gasteiger partial charge in [0.25, 0.3) is 0 Å². The van der Waals surface area contributed by atoms with Crippen LogP contribution >= 0.6 is 23.2 Å². The molecule has 0 spiro atoms. The summed E-state index contributed by atoms with van der Waals surface area (Å²) in [6.07, 6.45) is 4.42. The van der Waals surface area contributed by atoms with E-state index in [0.717, 1.165) is 35.0 Å². The van der Waals surface area contributed by atoms with E-state index in [0.29, 0.717) is 6.04 Å². The van der Waals surface area contributed by atoms with Crippen molar-refractivity contribution in [3.05, 3.63) is 33.8 Å². The van der Waals surface area contributed by atoms with Crippen LogP contribution in [0.2, 0.25) is 10.0 Å². The second-order valence-electron chi connectivity index (χ2n) is 4.26. The van der Waals surface area contributed by atoms with Crippen LogP contribution in [0.4, 0.5) is 0 Å². The minimum atomic E-state index is 0.612. The smallest absolute Gasteiger partial charge is 0.0452 e. The predicted octanol–water partition coefficient (Wildman–Crippen LogP) is 4.70. The van der Waals surface area contributed by atoms with Gasteiger partial charge < -0.3 is 5.32 Å². The standard InChI is InChI=1S/C14H21Cl2N/c1-3-11(17-4-2)7-5-8-12-13(15)9-6-10-14(12)16/h6,9-11,17H,3-5,7-8H2,1-2H3. The average Bonchev–Trinajstić information content (AvgIpc) is 2.31. The zero-order valence-corrected chi connectivity index (χ0v) is 12.1. The monoisotopic (exact) mass is 273 g/mol. The van der Waals surface area contributed by atoms with Gasteiger partial charge in [-0.15, -0.1) is 0 Å². The largest absolute Gasteiger partial charge is 0.314 e. The quantitative estimate of drug-likeness (QED) is 0.759. The van der Waals surface area contributed by atoms with E-state index >= 15 is 0 Å². The fourth-order valence-electron chi connectivity index (χ4n) is 2.04. The Kier molecular flexibility index (Phi) is 6.94. The van der Waals surface area contributed by atoms with Crippen molar-refractivity contribution in [3.8, 4) is 0 Å². The topological polar surface area (TPSA) is 12.0 Å². The lowest BCUT2D eigenvalue weighted by atomic mass is 10.0. The van der Waals surface area contributed by atoms with Gasteiger partial charge in [0.05, 0.1) is 0 Å². The van der Waals surface area contributed by atoms with Crippen LogP contribution in [-0.4, -0.2) is 12.6 Å². The number of hydrogen-bond donors (Lipinski definition) is 1. The molecule has 1 aromatic carbocycles. The van der Waals surface area contributed by atoms with Gasteiger partial charge in [0.15, 0.2) is 0 Å². The van der Waals surface area contributed by atoms with Crippen molar-refractivity contribution in [2.45, 2.75) is 45.6 Å². The highest BCUT2D eigenvalue weighted by Crippen LogP contribution is 2.26. The van der Waals surface area contributed by atoms with Crippen molar-refractivity contribution in [2.75, 3.05) is 6.54 Å². The average molecular weight is 274 g/mol. The third-order valence-electron chi connectivity index (χ3n) is 3.03. The predicted molar refractivity (Wildman–Crippen MR) is 77.2 cm³/mol. The van der Waals surface area contributed by atoms with Crippen molar-refractivity contribution in [3.63, 3.8) is 0 Å². The molecule has 0 aliphatic rings. The lowest BCUT2D eigenvalue weighted by molar-refractivity contribution is 0.467. The summed E-state index contributed by atoms with van der Waals surface area (Å²) in [6.45, 7) is 5.40. The Morgan fingerprint density at radius 2 is 1.82 bits per heavy atom. The molecule has 0 heterocycles. The summed E-state index contributed by atoms with van der Waals surface area (Å²) in [5.41, 5.74) is 1.09. The molecule has 17 heavy (non-hydrogen) atoms. The summed E-state index contributed by atoms with van der Waals surface area (Å²) < 4.78 is 0. The van der Waals surface area contributed by atoms with Crippen LogP contribution in [0, 0.1) is 0 Å². The van der Waals surface area contributed by atoms with Crippen molar-refractivity contribution < 1.29 is 0 Å². The molecule has 1 aromatic rings. The van der Waals surface area contributed by atoms with Crippen LogP contribution < -0.4 is 5.32 Å². The van der Waals surface area contributed by atoms with Crippen molar-refractivity contribution in [2.24, 2.45) is 0 Å². The Labute approximate surface area is 115 Å². The number of nitrogens with one attached hydrogen (secondary N) is 1. The Morgan fingerprint density at radius 3 is 2.35 bits per heavy atom. The third-order valence-corrected chi connectivity index (χ3v) is 3.73. The molecule has 0 aliphatic heterocycles. The second kappa shape index (κ2) is 7.97. The maximum absolute atomic E-state index is 6.14. The van der Waals surface area contributed by atoms with Gasteiger partial charge in [-0.3, -0.25) is 0 Å². The van der Waals surface area contributed by atoms with E-state index in [9.17, 15) is 0 Å². The van der Waals surface area contributed by atoms with E-state index in [1.54, 1.807) is 0 Å². The Balaban J connectivity index is 2.45. The fourth-order valence-corrected chi connectivity index (χ4v) is 2.62. The lowest BCUT2D eigenvalue weighted by Crippen LogP contribution is -2.28. The summed E-state index contributed by atoms with van der Waals surface area (Å²) >= 11 is 12.3. The van der Waals surface area contributed by atoms with Gasteiger partial charge in [0.2, 0.25) is 0 Å². The van der Waals surface area contributed by atoms with E-state index in [-0.39, 0.29) is 0 Å². The van der Waals surface area contributed by atoms with Crippen LogP contribution in [-0.2, 0) is 6.42 Å². The van der Waals surface area contributed by atoms with Crippen LogP contribution in [0.25, 0.3) is 0 Å². The minimum absolute atomic E-state index is 0.612. The second-order valence-corrected chi connectivity index (χ2v) is 5.07. The van der Waals surface area contributed by atoms with E-state index in [1.165, 1.54) is 12.8 Å². The number of benzene rings is 1. The highest BCUT2D eigenvalue weighted by Gasteiger charge is 2.08. The molecule has 0 fully saturated rings.